The zero-order valence-corrected chi connectivity index (χ0v) is 19.1. The van der Waals surface area contributed by atoms with Gasteiger partial charge in [-0.1, -0.05) is 6.07 Å². The third kappa shape index (κ3) is 5.11. The minimum absolute atomic E-state index is 0.0450. The van der Waals surface area contributed by atoms with Gasteiger partial charge >= 0.3 is 0 Å². The van der Waals surface area contributed by atoms with Crippen molar-refractivity contribution < 1.29 is 17.6 Å². The largest absolute Gasteiger partial charge is 0.371 e. The molecule has 7 nitrogen and oxygen atoms in total. The molecule has 0 atom stereocenters. The summed E-state index contributed by atoms with van der Waals surface area (Å²) >= 11 is 0. The van der Waals surface area contributed by atoms with Crippen molar-refractivity contribution in [1.29, 1.82) is 0 Å². The minimum atomic E-state index is -3.74. The second kappa shape index (κ2) is 9.56. The lowest BCUT2D eigenvalue weighted by molar-refractivity contribution is -0.117. The van der Waals surface area contributed by atoms with E-state index in [2.05, 4.69) is 23.2 Å². The van der Waals surface area contributed by atoms with Gasteiger partial charge in [-0.3, -0.25) is 9.69 Å². The van der Waals surface area contributed by atoms with Crippen LogP contribution in [0, 0.1) is 12.7 Å². The molecule has 0 bridgehead atoms. The smallest absolute Gasteiger partial charge is 0.243 e. The van der Waals surface area contributed by atoms with Crippen molar-refractivity contribution >= 4 is 27.3 Å². The SMILES string of the molecule is Cc1cc(NC(=O)CN2CCN(S(=O)(=O)c3cccc(F)c3)CC2)ccc1N1CCCC1. The molecule has 2 aliphatic rings. The molecule has 0 spiro atoms. The molecule has 32 heavy (non-hydrogen) atoms. The first kappa shape index (κ1) is 22.7. The number of hydrogen-bond acceptors (Lipinski definition) is 5. The molecular formula is C23H29FN4O3S. The molecule has 1 N–H and O–H groups in total. The van der Waals surface area contributed by atoms with Crippen molar-refractivity contribution in [3.05, 3.63) is 53.8 Å². The van der Waals surface area contributed by atoms with E-state index in [1.165, 1.54) is 41.0 Å². The van der Waals surface area contributed by atoms with Gasteiger partial charge in [-0.25, -0.2) is 12.8 Å². The Hall–Kier alpha value is -2.49. The second-order valence-corrected chi connectivity index (χ2v) is 10.3. The fraction of sp³-hybridized carbons (Fsp3) is 0.435. The Balaban J connectivity index is 1.29. The Bertz CT molecular complexity index is 1080. The molecule has 0 radical (unpaired) electrons. The van der Waals surface area contributed by atoms with Crippen LogP contribution in [0.3, 0.4) is 0 Å². The zero-order chi connectivity index (χ0) is 22.7. The number of piperazine rings is 1. The van der Waals surface area contributed by atoms with Crippen molar-refractivity contribution in [2.45, 2.75) is 24.7 Å². The van der Waals surface area contributed by atoms with Gasteiger partial charge in [-0.05, 0) is 61.7 Å². The highest BCUT2D eigenvalue weighted by Crippen LogP contribution is 2.26. The van der Waals surface area contributed by atoms with Crippen LogP contribution in [0.5, 0.6) is 0 Å². The number of carbonyl (C=O) groups is 1. The first-order valence-electron chi connectivity index (χ1n) is 11.0. The third-order valence-corrected chi connectivity index (χ3v) is 7.95. The minimum Gasteiger partial charge on any atom is -0.371 e. The van der Waals surface area contributed by atoms with E-state index in [1.54, 1.807) is 0 Å². The van der Waals surface area contributed by atoms with E-state index in [4.69, 9.17) is 0 Å². The molecule has 0 unspecified atom stereocenters. The van der Waals surface area contributed by atoms with Crippen LogP contribution >= 0.6 is 0 Å². The Morgan fingerprint density at radius 1 is 1.00 bits per heavy atom. The average Bonchev–Trinajstić information content (AvgIpc) is 3.29. The van der Waals surface area contributed by atoms with Crippen LogP contribution in [-0.4, -0.2) is 69.3 Å². The summed E-state index contributed by atoms with van der Waals surface area (Å²) in [5, 5.41) is 2.95. The first-order valence-corrected chi connectivity index (χ1v) is 12.4. The van der Waals surface area contributed by atoms with E-state index in [0.29, 0.717) is 13.1 Å². The van der Waals surface area contributed by atoms with Crippen LogP contribution in [-0.2, 0) is 14.8 Å². The van der Waals surface area contributed by atoms with Crippen LogP contribution in [0.4, 0.5) is 15.8 Å². The lowest BCUT2D eigenvalue weighted by Gasteiger charge is -2.33. The van der Waals surface area contributed by atoms with Gasteiger partial charge in [0.1, 0.15) is 5.82 Å². The standard InChI is InChI=1S/C23H29FN4O3S/c1-18-15-20(7-8-22(18)27-9-2-3-10-27)25-23(29)17-26-11-13-28(14-12-26)32(30,31)21-6-4-5-19(24)16-21/h4-8,15-16H,2-3,9-14,17H2,1H3,(H,25,29). The summed E-state index contributed by atoms with van der Waals surface area (Å²) in [6.45, 7) is 5.80. The van der Waals surface area contributed by atoms with Crippen molar-refractivity contribution in [2.75, 3.05) is 56.0 Å². The molecule has 9 heteroatoms. The lowest BCUT2D eigenvalue weighted by Crippen LogP contribution is -2.50. The number of nitrogens with zero attached hydrogens (tertiary/aromatic N) is 3. The van der Waals surface area contributed by atoms with Crippen LogP contribution in [0.25, 0.3) is 0 Å². The molecule has 2 heterocycles. The van der Waals surface area contributed by atoms with Crippen molar-refractivity contribution in [3.63, 3.8) is 0 Å². The first-order chi connectivity index (χ1) is 15.3. The number of amides is 1. The van der Waals surface area contributed by atoms with Crippen molar-refractivity contribution in [2.24, 2.45) is 0 Å². The topological polar surface area (TPSA) is 73.0 Å². The molecule has 2 fully saturated rings. The van der Waals surface area contributed by atoms with Gasteiger partial charge in [0.15, 0.2) is 0 Å². The van der Waals surface area contributed by atoms with E-state index >= 15 is 0 Å². The molecule has 0 aromatic heterocycles. The fourth-order valence-corrected chi connectivity index (χ4v) is 5.81. The van der Waals surface area contributed by atoms with Gasteiger partial charge in [0.2, 0.25) is 15.9 Å². The predicted octanol–water partition coefficient (Wildman–Crippen LogP) is 2.68. The average molecular weight is 461 g/mol. The van der Waals surface area contributed by atoms with E-state index in [1.807, 2.05) is 17.0 Å². The molecule has 2 saturated heterocycles. The number of hydrogen-bond donors (Lipinski definition) is 1. The Kier molecular flexibility index (Phi) is 6.78. The summed E-state index contributed by atoms with van der Waals surface area (Å²) in [6, 6.07) is 11.0. The predicted molar refractivity (Wildman–Crippen MR) is 123 cm³/mol. The van der Waals surface area contributed by atoms with Crippen LogP contribution in [0.15, 0.2) is 47.4 Å². The maximum absolute atomic E-state index is 13.4. The molecule has 0 aliphatic carbocycles. The number of halogens is 1. The third-order valence-electron chi connectivity index (χ3n) is 6.06. The van der Waals surface area contributed by atoms with E-state index in [0.717, 1.165) is 30.4 Å². The molecule has 172 valence electrons. The van der Waals surface area contributed by atoms with Crippen LogP contribution < -0.4 is 10.2 Å². The number of rotatable bonds is 6. The van der Waals surface area contributed by atoms with Crippen LogP contribution in [0.2, 0.25) is 0 Å². The van der Waals surface area contributed by atoms with E-state index in [-0.39, 0.29) is 30.4 Å². The second-order valence-electron chi connectivity index (χ2n) is 8.38. The van der Waals surface area contributed by atoms with Crippen molar-refractivity contribution in [3.8, 4) is 0 Å². The molecule has 1 amide bonds. The van der Waals surface area contributed by atoms with Gasteiger partial charge in [0.25, 0.3) is 0 Å². The molecule has 4 rings (SSSR count). The summed E-state index contributed by atoms with van der Waals surface area (Å²) in [4.78, 5) is 16.8. The van der Waals surface area contributed by atoms with Gasteiger partial charge in [-0.15, -0.1) is 0 Å². The molecule has 0 saturated carbocycles. The summed E-state index contributed by atoms with van der Waals surface area (Å²) in [5.74, 6) is -0.704. The Morgan fingerprint density at radius 2 is 1.72 bits per heavy atom. The maximum Gasteiger partial charge on any atom is 0.243 e. The van der Waals surface area contributed by atoms with E-state index in [9.17, 15) is 17.6 Å². The zero-order valence-electron chi connectivity index (χ0n) is 18.3. The van der Waals surface area contributed by atoms with Gasteiger partial charge in [0, 0.05) is 50.6 Å². The quantitative estimate of drug-likeness (QED) is 0.718. The number of carbonyl (C=O) groups excluding carboxylic acids is 1. The Morgan fingerprint density at radius 3 is 2.38 bits per heavy atom. The number of anilines is 2. The number of benzene rings is 2. The summed E-state index contributed by atoms with van der Waals surface area (Å²) < 4.78 is 40.2. The molecular weight excluding hydrogens is 431 g/mol. The highest BCUT2D eigenvalue weighted by molar-refractivity contribution is 7.89. The fourth-order valence-electron chi connectivity index (χ4n) is 4.35. The normalized spacial score (nSPS) is 18.1. The molecule has 2 aliphatic heterocycles. The summed E-state index contributed by atoms with van der Waals surface area (Å²) in [7, 11) is -3.74. The summed E-state index contributed by atoms with van der Waals surface area (Å²) in [6.07, 6.45) is 2.43. The van der Waals surface area contributed by atoms with Crippen molar-refractivity contribution in [1.82, 2.24) is 9.21 Å². The monoisotopic (exact) mass is 460 g/mol. The Labute approximate surface area is 188 Å². The van der Waals surface area contributed by atoms with Crippen LogP contribution in [0.1, 0.15) is 18.4 Å². The number of aryl methyl sites for hydroxylation is 1. The highest BCUT2D eigenvalue weighted by atomic mass is 32.2. The number of nitrogens with one attached hydrogen (secondary N) is 1. The van der Waals surface area contributed by atoms with E-state index < -0.39 is 15.8 Å². The number of sulfonamides is 1. The van der Waals surface area contributed by atoms with Gasteiger partial charge < -0.3 is 10.2 Å². The van der Waals surface area contributed by atoms with Gasteiger partial charge in [0.05, 0.1) is 11.4 Å². The summed E-state index contributed by atoms with van der Waals surface area (Å²) in [5.41, 5.74) is 3.12. The molecule has 2 aromatic rings. The molecule has 2 aromatic carbocycles. The lowest BCUT2D eigenvalue weighted by atomic mass is 10.1. The van der Waals surface area contributed by atoms with Gasteiger partial charge in [-0.2, -0.15) is 4.31 Å². The highest BCUT2D eigenvalue weighted by Gasteiger charge is 2.29. The maximum atomic E-state index is 13.4.